The van der Waals surface area contributed by atoms with Crippen LogP contribution in [0.3, 0.4) is 0 Å². The first-order chi connectivity index (χ1) is 9.22. The van der Waals surface area contributed by atoms with Crippen LogP contribution in [0.15, 0.2) is 0 Å². The SMILES string of the molecule is CCC(NC1CCCCC1C(C)C)C1CCCCC1. The van der Waals surface area contributed by atoms with Gasteiger partial charge in [0, 0.05) is 12.1 Å². The first-order valence-corrected chi connectivity index (χ1v) is 8.98. The summed E-state index contributed by atoms with van der Waals surface area (Å²) >= 11 is 0. The van der Waals surface area contributed by atoms with Gasteiger partial charge in [-0.25, -0.2) is 0 Å². The third kappa shape index (κ3) is 4.21. The molecule has 0 aliphatic heterocycles. The van der Waals surface area contributed by atoms with E-state index >= 15 is 0 Å². The molecule has 2 fully saturated rings. The highest BCUT2D eigenvalue weighted by molar-refractivity contribution is 4.88. The lowest BCUT2D eigenvalue weighted by Gasteiger charge is -2.40. The summed E-state index contributed by atoms with van der Waals surface area (Å²) in [5.41, 5.74) is 0. The van der Waals surface area contributed by atoms with Crippen molar-refractivity contribution < 1.29 is 0 Å². The van der Waals surface area contributed by atoms with Crippen molar-refractivity contribution >= 4 is 0 Å². The molecule has 0 heterocycles. The van der Waals surface area contributed by atoms with Crippen LogP contribution in [0.5, 0.6) is 0 Å². The molecule has 0 aromatic carbocycles. The van der Waals surface area contributed by atoms with Crippen molar-refractivity contribution in [3.05, 3.63) is 0 Å². The van der Waals surface area contributed by atoms with Gasteiger partial charge in [-0.3, -0.25) is 0 Å². The summed E-state index contributed by atoms with van der Waals surface area (Å²) < 4.78 is 0. The third-order valence-corrected chi connectivity index (χ3v) is 5.76. The molecule has 1 heteroatoms. The summed E-state index contributed by atoms with van der Waals surface area (Å²) in [6.07, 6.45) is 14.5. The topological polar surface area (TPSA) is 12.0 Å². The van der Waals surface area contributed by atoms with E-state index in [-0.39, 0.29) is 0 Å². The van der Waals surface area contributed by atoms with Crippen LogP contribution in [-0.4, -0.2) is 12.1 Å². The molecule has 3 atom stereocenters. The van der Waals surface area contributed by atoms with Gasteiger partial charge in [0.2, 0.25) is 0 Å². The second-order valence-electron chi connectivity index (χ2n) is 7.38. The molecule has 2 aliphatic rings. The van der Waals surface area contributed by atoms with E-state index in [1.54, 1.807) is 0 Å². The van der Waals surface area contributed by atoms with Crippen LogP contribution < -0.4 is 5.32 Å². The minimum Gasteiger partial charge on any atom is -0.311 e. The Morgan fingerprint density at radius 1 is 0.895 bits per heavy atom. The molecule has 0 amide bonds. The molecular weight excluding hydrogens is 230 g/mol. The summed E-state index contributed by atoms with van der Waals surface area (Å²) in [6, 6.07) is 1.60. The number of hydrogen-bond donors (Lipinski definition) is 1. The molecule has 0 bridgehead atoms. The highest BCUT2D eigenvalue weighted by atomic mass is 15.0. The van der Waals surface area contributed by atoms with Crippen LogP contribution in [0.25, 0.3) is 0 Å². The molecule has 19 heavy (non-hydrogen) atoms. The van der Waals surface area contributed by atoms with E-state index in [1.807, 2.05) is 0 Å². The summed E-state index contributed by atoms with van der Waals surface area (Å²) in [6.45, 7) is 7.23. The first kappa shape index (κ1) is 15.4. The van der Waals surface area contributed by atoms with E-state index < -0.39 is 0 Å². The smallest absolute Gasteiger partial charge is 0.0100 e. The monoisotopic (exact) mass is 265 g/mol. The van der Waals surface area contributed by atoms with Crippen molar-refractivity contribution in [3.8, 4) is 0 Å². The molecule has 1 N–H and O–H groups in total. The molecule has 1 nitrogen and oxygen atoms in total. The van der Waals surface area contributed by atoms with Gasteiger partial charge in [0.25, 0.3) is 0 Å². The Balaban J connectivity index is 1.91. The van der Waals surface area contributed by atoms with Crippen LogP contribution in [0.2, 0.25) is 0 Å². The molecule has 2 rings (SSSR count). The van der Waals surface area contributed by atoms with Crippen LogP contribution in [-0.2, 0) is 0 Å². The molecule has 0 spiro atoms. The van der Waals surface area contributed by atoms with E-state index in [0.717, 1.165) is 29.8 Å². The second kappa shape index (κ2) is 7.67. The zero-order valence-corrected chi connectivity index (χ0v) is 13.5. The Labute approximate surface area is 120 Å². The fraction of sp³-hybridized carbons (Fsp3) is 1.00. The van der Waals surface area contributed by atoms with E-state index in [2.05, 4.69) is 26.1 Å². The zero-order valence-electron chi connectivity index (χ0n) is 13.5. The Bertz CT molecular complexity index is 242. The molecule has 3 unspecified atom stereocenters. The van der Waals surface area contributed by atoms with Gasteiger partial charge in [-0.15, -0.1) is 0 Å². The first-order valence-electron chi connectivity index (χ1n) is 8.98. The number of nitrogens with one attached hydrogen (secondary N) is 1. The summed E-state index contributed by atoms with van der Waals surface area (Å²) in [5.74, 6) is 2.74. The molecular formula is C18H35N. The zero-order chi connectivity index (χ0) is 13.7. The van der Waals surface area contributed by atoms with Gasteiger partial charge in [0.15, 0.2) is 0 Å². The minimum atomic E-state index is 0.796. The lowest BCUT2D eigenvalue weighted by atomic mass is 9.76. The van der Waals surface area contributed by atoms with Gasteiger partial charge in [0.05, 0.1) is 0 Å². The van der Waals surface area contributed by atoms with E-state index in [0.29, 0.717) is 0 Å². The van der Waals surface area contributed by atoms with Gasteiger partial charge in [-0.1, -0.05) is 52.9 Å². The van der Waals surface area contributed by atoms with E-state index in [9.17, 15) is 0 Å². The Kier molecular flexibility index (Phi) is 6.19. The highest BCUT2D eigenvalue weighted by Crippen LogP contribution is 2.33. The average Bonchev–Trinajstić information content (AvgIpc) is 2.46. The van der Waals surface area contributed by atoms with Crippen molar-refractivity contribution in [2.75, 3.05) is 0 Å². The molecule has 0 radical (unpaired) electrons. The maximum atomic E-state index is 4.11. The number of rotatable bonds is 5. The maximum absolute atomic E-state index is 4.11. The lowest BCUT2D eigenvalue weighted by molar-refractivity contribution is 0.160. The largest absolute Gasteiger partial charge is 0.311 e. The Hall–Kier alpha value is -0.0400. The van der Waals surface area contributed by atoms with Gasteiger partial charge < -0.3 is 5.32 Å². The predicted molar refractivity (Wildman–Crippen MR) is 84.4 cm³/mol. The predicted octanol–water partition coefficient (Wildman–Crippen LogP) is 5.15. The molecule has 0 aromatic rings. The number of hydrogen-bond acceptors (Lipinski definition) is 1. The lowest BCUT2D eigenvalue weighted by Crippen LogP contribution is -2.48. The van der Waals surface area contributed by atoms with Gasteiger partial charge in [-0.2, -0.15) is 0 Å². The van der Waals surface area contributed by atoms with Crippen LogP contribution in [0.1, 0.15) is 85.0 Å². The van der Waals surface area contributed by atoms with Gasteiger partial charge in [0.1, 0.15) is 0 Å². The molecule has 2 aliphatic carbocycles. The van der Waals surface area contributed by atoms with E-state index in [4.69, 9.17) is 0 Å². The van der Waals surface area contributed by atoms with Crippen molar-refractivity contribution in [2.24, 2.45) is 17.8 Å². The van der Waals surface area contributed by atoms with Crippen molar-refractivity contribution in [3.63, 3.8) is 0 Å². The van der Waals surface area contributed by atoms with Gasteiger partial charge in [-0.05, 0) is 49.9 Å². The quantitative estimate of drug-likeness (QED) is 0.725. The van der Waals surface area contributed by atoms with Crippen LogP contribution >= 0.6 is 0 Å². The maximum Gasteiger partial charge on any atom is 0.0100 e. The molecule has 0 aromatic heterocycles. The minimum absolute atomic E-state index is 0.796. The van der Waals surface area contributed by atoms with E-state index in [1.165, 1.54) is 64.2 Å². The van der Waals surface area contributed by atoms with Crippen molar-refractivity contribution in [1.29, 1.82) is 0 Å². The average molecular weight is 265 g/mol. The van der Waals surface area contributed by atoms with Gasteiger partial charge >= 0.3 is 0 Å². The summed E-state index contributed by atoms with van der Waals surface area (Å²) in [5, 5.41) is 4.11. The van der Waals surface area contributed by atoms with Crippen LogP contribution in [0.4, 0.5) is 0 Å². The second-order valence-corrected chi connectivity index (χ2v) is 7.38. The fourth-order valence-electron chi connectivity index (χ4n) is 4.56. The fourth-order valence-corrected chi connectivity index (χ4v) is 4.56. The van der Waals surface area contributed by atoms with Crippen LogP contribution in [0, 0.1) is 17.8 Å². The molecule has 112 valence electrons. The Morgan fingerprint density at radius 2 is 1.53 bits per heavy atom. The standard InChI is InChI=1S/C18H35N/c1-4-17(15-10-6-5-7-11-15)19-18-13-9-8-12-16(18)14(2)3/h14-19H,4-13H2,1-3H3. The highest BCUT2D eigenvalue weighted by Gasteiger charge is 2.31. The molecule has 2 saturated carbocycles. The normalized spacial score (nSPS) is 31.6. The van der Waals surface area contributed by atoms with Crippen molar-refractivity contribution in [1.82, 2.24) is 5.32 Å². The summed E-state index contributed by atoms with van der Waals surface area (Å²) in [4.78, 5) is 0. The Morgan fingerprint density at radius 3 is 2.16 bits per heavy atom. The molecule has 0 saturated heterocycles. The van der Waals surface area contributed by atoms with Crippen molar-refractivity contribution in [2.45, 2.75) is 97.1 Å². The third-order valence-electron chi connectivity index (χ3n) is 5.76. The summed E-state index contributed by atoms with van der Waals surface area (Å²) in [7, 11) is 0.